The molecule has 1 aliphatic heterocycles. The maximum Gasteiger partial charge on any atom is 0.319 e. The second-order valence-corrected chi connectivity index (χ2v) is 7.68. The summed E-state index contributed by atoms with van der Waals surface area (Å²) in [6, 6.07) is 19.3. The standard InChI is InChI=1S/C26H24FN3O4/c1-16-23(25(31)29-21-12-5-6-13-22(21)33-2)24(30-26(32)28-16)17-9-7-10-19(14-17)34-15-18-8-3-4-11-20(18)27/h3-14,24H,15H2,1-2H3,(H,29,31)(H2,28,30,32). The fourth-order valence-corrected chi connectivity index (χ4v) is 3.74. The number of anilines is 1. The summed E-state index contributed by atoms with van der Waals surface area (Å²) < 4.78 is 25.0. The molecule has 0 spiro atoms. The summed E-state index contributed by atoms with van der Waals surface area (Å²) in [6.45, 7) is 1.71. The molecule has 4 rings (SSSR count). The third-order valence-electron chi connectivity index (χ3n) is 5.41. The summed E-state index contributed by atoms with van der Waals surface area (Å²) in [4.78, 5) is 25.5. The third kappa shape index (κ3) is 5.01. The van der Waals surface area contributed by atoms with Gasteiger partial charge in [-0.1, -0.05) is 42.5 Å². The summed E-state index contributed by atoms with van der Waals surface area (Å²) >= 11 is 0. The number of nitrogens with one attached hydrogen (secondary N) is 3. The number of allylic oxidation sites excluding steroid dienone is 1. The van der Waals surface area contributed by atoms with Gasteiger partial charge in [0.15, 0.2) is 0 Å². The van der Waals surface area contributed by atoms with Crippen molar-refractivity contribution in [2.24, 2.45) is 0 Å². The Bertz CT molecular complexity index is 1260. The second kappa shape index (κ2) is 10.1. The van der Waals surface area contributed by atoms with Crippen molar-refractivity contribution >= 4 is 17.6 Å². The van der Waals surface area contributed by atoms with Crippen LogP contribution >= 0.6 is 0 Å². The molecule has 0 radical (unpaired) electrons. The molecule has 34 heavy (non-hydrogen) atoms. The lowest BCUT2D eigenvalue weighted by Gasteiger charge is -2.29. The number of hydrogen-bond donors (Lipinski definition) is 3. The van der Waals surface area contributed by atoms with Gasteiger partial charge in [-0.15, -0.1) is 0 Å². The second-order valence-electron chi connectivity index (χ2n) is 7.68. The monoisotopic (exact) mass is 461 g/mol. The van der Waals surface area contributed by atoms with E-state index in [0.29, 0.717) is 39.6 Å². The predicted octanol–water partition coefficient (Wildman–Crippen LogP) is 4.68. The molecule has 3 N–H and O–H groups in total. The van der Waals surface area contributed by atoms with E-state index in [1.807, 2.05) is 0 Å². The summed E-state index contributed by atoms with van der Waals surface area (Å²) in [5, 5.41) is 8.32. The smallest absolute Gasteiger partial charge is 0.319 e. The molecule has 3 amide bonds. The van der Waals surface area contributed by atoms with Gasteiger partial charge >= 0.3 is 6.03 Å². The van der Waals surface area contributed by atoms with Crippen molar-refractivity contribution in [2.75, 3.05) is 12.4 Å². The number of methoxy groups -OCH3 is 1. The van der Waals surface area contributed by atoms with Gasteiger partial charge in [0.05, 0.1) is 24.4 Å². The first-order valence-electron chi connectivity index (χ1n) is 10.6. The number of para-hydroxylation sites is 2. The van der Waals surface area contributed by atoms with E-state index in [0.717, 1.165) is 0 Å². The van der Waals surface area contributed by atoms with Crippen LogP contribution in [0.1, 0.15) is 24.1 Å². The van der Waals surface area contributed by atoms with E-state index in [4.69, 9.17) is 9.47 Å². The lowest BCUT2D eigenvalue weighted by molar-refractivity contribution is -0.113. The maximum atomic E-state index is 13.9. The van der Waals surface area contributed by atoms with Gasteiger partial charge in [-0.25, -0.2) is 9.18 Å². The van der Waals surface area contributed by atoms with Gasteiger partial charge in [-0.2, -0.15) is 0 Å². The Morgan fingerprint density at radius 3 is 2.62 bits per heavy atom. The fraction of sp³-hybridized carbons (Fsp3) is 0.154. The molecule has 1 atom stereocenters. The average Bonchev–Trinajstić information content (AvgIpc) is 2.83. The number of halogens is 1. The quantitative estimate of drug-likeness (QED) is 0.477. The first-order chi connectivity index (χ1) is 16.5. The summed E-state index contributed by atoms with van der Waals surface area (Å²) in [6.07, 6.45) is 0. The van der Waals surface area contributed by atoms with Crippen molar-refractivity contribution in [1.82, 2.24) is 10.6 Å². The lowest BCUT2D eigenvalue weighted by Crippen LogP contribution is -2.46. The highest BCUT2D eigenvalue weighted by atomic mass is 19.1. The van der Waals surface area contributed by atoms with E-state index in [9.17, 15) is 14.0 Å². The minimum Gasteiger partial charge on any atom is -0.495 e. The summed E-state index contributed by atoms with van der Waals surface area (Å²) in [5.74, 6) is 0.257. The molecule has 1 unspecified atom stereocenters. The predicted molar refractivity (Wildman–Crippen MR) is 126 cm³/mol. The highest BCUT2D eigenvalue weighted by Gasteiger charge is 2.31. The number of urea groups is 1. The van der Waals surface area contributed by atoms with E-state index in [2.05, 4.69) is 16.0 Å². The van der Waals surface area contributed by atoms with Crippen LogP contribution in [0.3, 0.4) is 0 Å². The van der Waals surface area contributed by atoms with Gasteiger partial charge in [-0.05, 0) is 42.8 Å². The van der Waals surface area contributed by atoms with Gasteiger partial charge in [-0.3, -0.25) is 4.79 Å². The highest BCUT2D eigenvalue weighted by Crippen LogP contribution is 2.31. The third-order valence-corrected chi connectivity index (χ3v) is 5.41. The number of carbonyl (C=O) groups excluding carboxylic acids is 2. The molecule has 0 saturated carbocycles. The van der Waals surface area contributed by atoms with E-state index >= 15 is 0 Å². The van der Waals surface area contributed by atoms with E-state index in [1.54, 1.807) is 73.7 Å². The van der Waals surface area contributed by atoms with Crippen molar-refractivity contribution in [3.8, 4) is 11.5 Å². The average molecular weight is 461 g/mol. The summed E-state index contributed by atoms with van der Waals surface area (Å²) in [5.41, 5.74) is 2.35. The van der Waals surface area contributed by atoms with E-state index in [-0.39, 0.29) is 12.4 Å². The zero-order chi connectivity index (χ0) is 24.1. The number of amides is 3. The lowest BCUT2D eigenvalue weighted by atomic mass is 9.94. The minimum absolute atomic E-state index is 0.0463. The molecule has 1 aliphatic rings. The Kier molecular flexibility index (Phi) is 6.77. The van der Waals surface area contributed by atoms with Gasteiger partial charge in [0.25, 0.3) is 5.91 Å². The molecular weight excluding hydrogens is 437 g/mol. The molecule has 3 aromatic carbocycles. The van der Waals surface area contributed by atoms with Crippen LogP contribution in [0.2, 0.25) is 0 Å². The fourth-order valence-electron chi connectivity index (χ4n) is 3.74. The molecule has 7 nitrogen and oxygen atoms in total. The number of hydrogen-bond acceptors (Lipinski definition) is 4. The SMILES string of the molecule is COc1ccccc1NC(=O)C1=C(C)NC(=O)NC1c1cccc(OCc2ccccc2F)c1. The van der Waals surface area contributed by atoms with Gasteiger partial charge in [0.2, 0.25) is 0 Å². The topological polar surface area (TPSA) is 88.7 Å². The Balaban J connectivity index is 1.59. The zero-order valence-corrected chi connectivity index (χ0v) is 18.7. The molecule has 0 saturated heterocycles. The molecule has 1 heterocycles. The van der Waals surface area contributed by atoms with Crippen LogP contribution < -0.4 is 25.4 Å². The highest BCUT2D eigenvalue weighted by molar-refractivity contribution is 6.07. The Morgan fingerprint density at radius 1 is 1.06 bits per heavy atom. The van der Waals surface area contributed by atoms with Gasteiger partial charge in [0.1, 0.15) is 23.9 Å². The van der Waals surface area contributed by atoms with Crippen molar-refractivity contribution in [3.05, 3.63) is 101 Å². The van der Waals surface area contributed by atoms with Gasteiger partial charge < -0.3 is 25.4 Å². The van der Waals surface area contributed by atoms with Crippen LogP contribution in [0.25, 0.3) is 0 Å². The number of carbonyl (C=O) groups is 2. The Morgan fingerprint density at radius 2 is 1.82 bits per heavy atom. The number of rotatable bonds is 7. The number of ether oxygens (including phenoxy) is 2. The van der Waals surface area contributed by atoms with Crippen molar-refractivity contribution in [2.45, 2.75) is 19.6 Å². The summed E-state index contributed by atoms with van der Waals surface area (Å²) in [7, 11) is 1.52. The van der Waals surface area contributed by atoms with Crippen molar-refractivity contribution in [1.29, 1.82) is 0 Å². The molecule has 3 aromatic rings. The van der Waals surface area contributed by atoms with Gasteiger partial charge in [0, 0.05) is 11.3 Å². The zero-order valence-electron chi connectivity index (χ0n) is 18.7. The van der Waals surface area contributed by atoms with Crippen LogP contribution in [-0.2, 0) is 11.4 Å². The Hall–Kier alpha value is -4.33. The van der Waals surface area contributed by atoms with Crippen molar-refractivity contribution < 1.29 is 23.5 Å². The molecule has 0 fully saturated rings. The maximum absolute atomic E-state index is 13.9. The molecular formula is C26H24FN3O4. The van der Waals surface area contributed by atoms with Crippen LogP contribution in [0.15, 0.2) is 84.1 Å². The van der Waals surface area contributed by atoms with Crippen LogP contribution in [0.4, 0.5) is 14.9 Å². The van der Waals surface area contributed by atoms with Crippen molar-refractivity contribution in [3.63, 3.8) is 0 Å². The normalized spacial score (nSPS) is 15.3. The van der Waals surface area contributed by atoms with E-state index < -0.39 is 18.0 Å². The first kappa shape index (κ1) is 22.8. The van der Waals surface area contributed by atoms with Crippen LogP contribution in [-0.4, -0.2) is 19.0 Å². The number of benzene rings is 3. The molecule has 0 aliphatic carbocycles. The minimum atomic E-state index is -0.722. The molecule has 174 valence electrons. The van der Waals surface area contributed by atoms with E-state index in [1.165, 1.54) is 13.2 Å². The molecule has 8 heteroatoms. The first-order valence-corrected chi connectivity index (χ1v) is 10.6. The Labute approximate surface area is 196 Å². The van der Waals surface area contributed by atoms with Crippen LogP contribution in [0.5, 0.6) is 11.5 Å². The molecule has 0 aromatic heterocycles. The largest absolute Gasteiger partial charge is 0.495 e. The molecule has 0 bridgehead atoms. The van der Waals surface area contributed by atoms with Crippen LogP contribution in [0, 0.1) is 5.82 Å².